The number of hydrogen-bond donors (Lipinski definition) is 2. The lowest BCUT2D eigenvalue weighted by molar-refractivity contribution is -0.0295. The van der Waals surface area contributed by atoms with Crippen molar-refractivity contribution >= 4 is 0 Å². The van der Waals surface area contributed by atoms with Crippen molar-refractivity contribution < 1.29 is 4.74 Å². The predicted octanol–water partition coefficient (Wildman–Crippen LogP) is 1.05. The third-order valence-corrected chi connectivity index (χ3v) is 3.63. The topological polar surface area (TPSA) is 78.0 Å². The summed E-state index contributed by atoms with van der Waals surface area (Å²) < 4.78 is 7.50. The van der Waals surface area contributed by atoms with Crippen molar-refractivity contribution in [1.29, 1.82) is 0 Å². The molecule has 0 fully saturated rings. The van der Waals surface area contributed by atoms with E-state index in [9.17, 15) is 0 Å². The van der Waals surface area contributed by atoms with Crippen LogP contribution in [0.15, 0.2) is 6.33 Å². The van der Waals surface area contributed by atoms with Crippen molar-refractivity contribution in [2.24, 2.45) is 5.84 Å². The monoisotopic (exact) mass is 255 g/mol. The van der Waals surface area contributed by atoms with Gasteiger partial charge in [-0.05, 0) is 27.2 Å². The van der Waals surface area contributed by atoms with Crippen molar-refractivity contribution in [3.8, 4) is 0 Å². The van der Waals surface area contributed by atoms with E-state index in [0.717, 1.165) is 12.2 Å². The Hall–Kier alpha value is -0.980. The van der Waals surface area contributed by atoms with Gasteiger partial charge in [0, 0.05) is 19.6 Å². The van der Waals surface area contributed by atoms with Crippen LogP contribution in [-0.2, 0) is 11.2 Å². The maximum Gasteiger partial charge on any atom is 0.138 e. The number of nitrogens with one attached hydrogen (secondary N) is 1. The average Bonchev–Trinajstić information content (AvgIpc) is 2.83. The zero-order valence-corrected chi connectivity index (χ0v) is 12.0. The first kappa shape index (κ1) is 15.1. The lowest BCUT2D eigenvalue weighted by atomic mass is 9.91. The van der Waals surface area contributed by atoms with Gasteiger partial charge in [0.05, 0.1) is 11.6 Å². The van der Waals surface area contributed by atoms with Crippen LogP contribution in [0.4, 0.5) is 0 Å². The minimum absolute atomic E-state index is 0.00537. The lowest BCUT2D eigenvalue weighted by Gasteiger charge is -2.35. The van der Waals surface area contributed by atoms with E-state index >= 15 is 0 Å². The summed E-state index contributed by atoms with van der Waals surface area (Å²) in [5.41, 5.74) is 2.53. The summed E-state index contributed by atoms with van der Waals surface area (Å²) in [6, 6.07) is 0.283. The maximum atomic E-state index is 5.67. The summed E-state index contributed by atoms with van der Waals surface area (Å²) in [6.07, 6.45) is 3.14. The van der Waals surface area contributed by atoms with Gasteiger partial charge < -0.3 is 4.74 Å². The molecule has 1 aromatic rings. The molecule has 3 N–H and O–H groups in total. The van der Waals surface area contributed by atoms with Gasteiger partial charge >= 0.3 is 0 Å². The van der Waals surface area contributed by atoms with Gasteiger partial charge in [-0.2, -0.15) is 5.10 Å². The van der Waals surface area contributed by atoms with Gasteiger partial charge in [-0.15, -0.1) is 0 Å². The minimum atomic E-state index is -0.317. The van der Waals surface area contributed by atoms with Crippen LogP contribution in [0, 0.1) is 0 Å². The van der Waals surface area contributed by atoms with E-state index in [1.807, 2.05) is 11.6 Å². The number of hydrogen-bond acceptors (Lipinski definition) is 5. The molecule has 1 rings (SSSR count). The second-order valence-corrected chi connectivity index (χ2v) is 5.01. The molecule has 0 saturated carbocycles. The van der Waals surface area contributed by atoms with E-state index in [1.54, 1.807) is 13.4 Å². The quantitative estimate of drug-likeness (QED) is 0.562. The van der Waals surface area contributed by atoms with Crippen molar-refractivity contribution in [2.75, 3.05) is 7.11 Å². The molecule has 2 atom stereocenters. The van der Waals surface area contributed by atoms with E-state index in [4.69, 9.17) is 10.6 Å². The van der Waals surface area contributed by atoms with Crippen LogP contribution in [0.5, 0.6) is 0 Å². The lowest BCUT2D eigenvalue weighted by Crippen LogP contribution is -2.54. The van der Waals surface area contributed by atoms with Crippen molar-refractivity contribution in [3.63, 3.8) is 0 Å². The third kappa shape index (κ3) is 3.07. The largest absolute Gasteiger partial charge is 0.377 e. The standard InChI is InChI=1S/C12H25N5O/c1-6-12(4,18-5)10(16-13)7-11-14-8-15-17(11)9(2)3/h8-10,16H,6-7,13H2,1-5H3. The molecule has 0 amide bonds. The Balaban J connectivity index is 2.89. The van der Waals surface area contributed by atoms with Crippen molar-refractivity contribution in [1.82, 2.24) is 20.2 Å². The Labute approximate surface area is 109 Å². The van der Waals surface area contributed by atoms with Crippen LogP contribution in [0.2, 0.25) is 0 Å². The molecular formula is C12H25N5O. The number of methoxy groups -OCH3 is 1. The Morgan fingerprint density at radius 1 is 1.56 bits per heavy atom. The Kier molecular flexibility index (Phi) is 5.25. The summed E-state index contributed by atoms with van der Waals surface area (Å²) >= 11 is 0. The highest BCUT2D eigenvalue weighted by Crippen LogP contribution is 2.22. The number of hydrazine groups is 1. The number of ether oxygens (including phenoxy) is 1. The average molecular weight is 255 g/mol. The van der Waals surface area contributed by atoms with E-state index in [-0.39, 0.29) is 17.7 Å². The zero-order chi connectivity index (χ0) is 13.8. The van der Waals surface area contributed by atoms with E-state index < -0.39 is 0 Å². The SMILES string of the molecule is CCC(C)(OC)C(Cc1ncnn1C(C)C)NN. The van der Waals surface area contributed by atoms with Crippen molar-refractivity contribution in [3.05, 3.63) is 12.2 Å². The van der Waals surface area contributed by atoms with Crippen LogP contribution < -0.4 is 11.3 Å². The molecule has 1 aromatic heterocycles. The van der Waals surface area contributed by atoms with E-state index in [2.05, 4.69) is 36.3 Å². The fraction of sp³-hybridized carbons (Fsp3) is 0.833. The summed E-state index contributed by atoms with van der Waals surface area (Å²) in [5.74, 6) is 6.59. The molecule has 0 aliphatic carbocycles. The fourth-order valence-corrected chi connectivity index (χ4v) is 2.02. The number of nitrogens with zero attached hydrogens (tertiary/aromatic N) is 3. The Morgan fingerprint density at radius 3 is 2.67 bits per heavy atom. The molecule has 0 aromatic carbocycles. The first-order valence-corrected chi connectivity index (χ1v) is 6.38. The second-order valence-electron chi connectivity index (χ2n) is 5.01. The second kappa shape index (κ2) is 6.26. The van der Waals surface area contributed by atoms with Gasteiger partial charge in [0.2, 0.25) is 0 Å². The molecule has 18 heavy (non-hydrogen) atoms. The zero-order valence-electron chi connectivity index (χ0n) is 12.0. The molecule has 6 heteroatoms. The van der Waals surface area contributed by atoms with Crippen LogP contribution in [0.1, 0.15) is 46.0 Å². The first-order chi connectivity index (χ1) is 8.48. The van der Waals surface area contributed by atoms with E-state index in [1.165, 1.54) is 0 Å². The number of nitrogens with two attached hydrogens (primary N) is 1. The summed E-state index contributed by atoms with van der Waals surface area (Å²) in [7, 11) is 1.71. The van der Waals surface area contributed by atoms with Gasteiger partial charge in [0.25, 0.3) is 0 Å². The summed E-state index contributed by atoms with van der Waals surface area (Å²) in [5, 5.41) is 4.23. The molecule has 0 saturated heterocycles. The van der Waals surface area contributed by atoms with Crippen LogP contribution >= 0.6 is 0 Å². The van der Waals surface area contributed by atoms with Gasteiger partial charge in [0.1, 0.15) is 12.2 Å². The highest BCUT2D eigenvalue weighted by atomic mass is 16.5. The molecule has 1 heterocycles. The fourth-order valence-electron chi connectivity index (χ4n) is 2.02. The molecular weight excluding hydrogens is 230 g/mol. The molecule has 0 radical (unpaired) electrons. The van der Waals surface area contributed by atoms with E-state index in [0.29, 0.717) is 6.42 Å². The molecule has 104 valence electrons. The molecule has 0 aliphatic rings. The van der Waals surface area contributed by atoms with Crippen LogP contribution in [-0.4, -0.2) is 33.5 Å². The minimum Gasteiger partial charge on any atom is -0.377 e. The van der Waals surface area contributed by atoms with Crippen LogP contribution in [0.25, 0.3) is 0 Å². The molecule has 2 unspecified atom stereocenters. The Morgan fingerprint density at radius 2 is 2.22 bits per heavy atom. The molecule has 0 bridgehead atoms. The smallest absolute Gasteiger partial charge is 0.138 e. The summed E-state index contributed by atoms with van der Waals surface area (Å²) in [4.78, 5) is 4.31. The van der Waals surface area contributed by atoms with Gasteiger partial charge in [0.15, 0.2) is 0 Å². The highest BCUT2D eigenvalue weighted by molar-refractivity contribution is 4.97. The van der Waals surface area contributed by atoms with Gasteiger partial charge in [-0.25, -0.2) is 9.67 Å². The van der Waals surface area contributed by atoms with Crippen molar-refractivity contribution in [2.45, 2.75) is 58.2 Å². The van der Waals surface area contributed by atoms with Gasteiger partial charge in [-0.3, -0.25) is 11.3 Å². The third-order valence-electron chi connectivity index (χ3n) is 3.63. The normalized spacial score (nSPS) is 16.8. The maximum absolute atomic E-state index is 5.67. The predicted molar refractivity (Wildman–Crippen MR) is 70.9 cm³/mol. The van der Waals surface area contributed by atoms with Crippen LogP contribution in [0.3, 0.4) is 0 Å². The molecule has 0 aliphatic heterocycles. The molecule has 0 spiro atoms. The number of rotatable bonds is 7. The molecule has 6 nitrogen and oxygen atoms in total. The Bertz CT molecular complexity index is 359. The highest BCUT2D eigenvalue weighted by Gasteiger charge is 2.33. The number of aromatic nitrogens is 3. The van der Waals surface area contributed by atoms with Gasteiger partial charge in [-0.1, -0.05) is 6.92 Å². The summed E-state index contributed by atoms with van der Waals surface area (Å²) in [6.45, 7) is 8.30. The first-order valence-electron chi connectivity index (χ1n) is 6.38.